The van der Waals surface area contributed by atoms with Crippen LogP contribution < -0.4 is 14.4 Å². The molecule has 0 radical (unpaired) electrons. The summed E-state index contributed by atoms with van der Waals surface area (Å²) in [4.78, 5) is 13.7. The van der Waals surface area contributed by atoms with Crippen molar-refractivity contribution in [3.05, 3.63) is 54.1 Å². The lowest BCUT2D eigenvalue weighted by Gasteiger charge is -2.20. The number of hydrogen-bond donors (Lipinski definition) is 0. The Bertz CT molecular complexity index is 828. The molecule has 2 aliphatic rings. The molecule has 0 bridgehead atoms. The second kappa shape index (κ2) is 8.89. The molecule has 4 nitrogen and oxygen atoms in total. The first-order valence-corrected chi connectivity index (χ1v) is 10.8. The van der Waals surface area contributed by atoms with Crippen LogP contribution in [0.3, 0.4) is 0 Å². The van der Waals surface area contributed by atoms with Crippen LogP contribution in [-0.2, 0) is 4.79 Å². The fourth-order valence-electron chi connectivity index (χ4n) is 3.94. The summed E-state index contributed by atoms with van der Waals surface area (Å²) in [7, 11) is 0. The molecular weight excluding hydrogens is 362 g/mol. The fourth-order valence-corrected chi connectivity index (χ4v) is 3.94. The molecule has 0 unspecified atom stereocenters. The summed E-state index contributed by atoms with van der Waals surface area (Å²) in [5, 5.41) is 0. The number of nitrogens with zero attached hydrogens (tertiary/aromatic N) is 1. The highest BCUT2D eigenvalue weighted by Crippen LogP contribution is 2.31. The average Bonchev–Trinajstić information content (AvgIpc) is 3.43. The zero-order valence-corrected chi connectivity index (χ0v) is 17.5. The molecule has 4 rings (SSSR count). The van der Waals surface area contributed by atoms with E-state index in [1.807, 2.05) is 18.2 Å². The van der Waals surface area contributed by atoms with Crippen molar-refractivity contribution in [2.75, 3.05) is 24.6 Å². The van der Waals surface area contributed by atoms with Gasteiger partial charge in [0, 0.05) is 31.1 Å². The minimum Gasteiger partial charge on any atom is -0.493 e. The predicted molar refractivity (Wildman–Crippen MR) is 116 cm³/mol. The molecule has 0 N–H and O–H groups in total. The third kappa shape index (κ3) is 5.53. The molecule has 1 saturated heterocycles. The SMILES string of the molecule is CC(=O)C[C@@H](C)c1ccc(O[C@@H]2CCN(c3cccc(OCC4CC4)c3)C2)cc1. The fraction of sp³-hybridized carbons (Fsp3) is 0.480. The van der Waals surface area contributed by atoms with E-state index in [0.717, 1.165) is 43.5 Å². The summed E-state index contributed by atoms with van der Waals surface area (Å²) < 4.78 is 12.1. The van der Waals surface area contributed by atoms with Crippen LogP contribution in [0.4, 0.5) is 5.69 Å². The lowest BCUT2D eigenvalue weighted by atomic mass is 9.96. The third-order valence-corrected chi connectivity index (χ3v) is 5.86. The smallest absolute Gasteiger partial charge is 0.130 e. The predicted octanol–water partition coefficient (Wildman–Crippen LogP) is 5.22. The molecule has 1 heterocycles. The second-order valence-electron chi connectivity index (χ2n) is 8.60. The van der Waals surface area contributed by atoms with Gasteiger partial charge in [-0.1, -0.05) is 25.1 Å². The van der Waals surface area contributed by atoms with Crippen molar-refractivity contribution < 1.29 is 14.3 Å². The number of carbonyl (C=O) groups excluding carboxylic acids is 1. The van der Waals surface area contributed by atoms with Gasteiger partial charge in [0.15, 0.2) is 0 Å². The Kier molecular flexibility index (Phi) is 6.08. The molecule has 154 valence electrons. The molecule has 0 aromatic heterocycles. The number of ketones is 1. The van der Waals surface area contributed by atoms with Gasteiger partial charge in [-0.05, 0) is 61.4 Å². The van der Waals surface area contributed by atoms with E-state index >= 15 is 0 Å². The number of Topliss-reactive ketones (excluding diaryl/α,β-unsaturated/α-hetero) is 1. The van der Waals surface area contributed by atoms with Gasteiger partial charge in [-0.3, -0.25) is 0 Å². The Balaban J connectivity index is 1.30. The quantitative estimate of drug-likeness (QED) is 0.586. The molecular formula is C25H31NO3. The van der Waals surface area contributed by atoms with Crippen molar-refractivity contribution in [2.45, 2.75) is 51.6 Å². The Morgan fingerprint density at radius 2 is 1.90 bits per heavy atom. The number of hydrogen-bond acceptors (Lipinski definition) is 4. The number of anilines is 1. The molecule has 4 heteroatoms. The second-order valence-corrected chi connectivity index (χ2v) is 8.60. The highest BCUT2D eigenvalue weighted by atomic mass is 16.5. The molecule has 2 aromatic rings. The highest BCUT2D eigenvalue weighted by molar-refractivity contribution is 5.76. The Labute approximate surface area is 173 Å². The Morgan fingerprint density at radius 1 is 1.10 bits per heavy atom. The lowest BCUT2D eigenvalue weighted by Crippen LogP contribution is -2.24. The van der Waals surface area contributed by atoms with Gasteiger partial charge in [-0.2, -0.15) is 0 Å². The van der Waals surface area contributed by atoms with Crippen LogP contribution >= 0.6 is 0 Å². The molecule has 29 heavy (non-hydrogen) atoms. The summed E-state index contributed by atoms with van der Waals surface area (Å²) in [6, 6.07) is 16.6. The molecule has 0 amide bonds. The van der Waals surface area contributed by atoms with E-state index in [2.05, 4.69) is 42.2 Å². The minimum absolute atomic E-state index is 0.187. The first-order chi connectivity index (χ1) is 14.1. The average molecular weight is 394 g/mol. The maximum Gasteiger partial charge on any atom is 0.130 e. The van der Waals surface area contributed by atoms with Gasteiger partial charge in [-0.15, -0.1) is 0 Å². The van der Waals surface area contributed by atoms with Gasteiger partial charge < -0.3 is 19.2 Å². The number of rotatable bonds is 9. The van der Waals surface area contributed by atoms with Crippen molar-refractivity contribution in [2.24, 2.45) is 5.92 Å². The summed E-state index contributed by atoms with van der Waals surface area (Å²) >= 11 is 0. The van der Waals surface area contributed by atoms with E-state index in [9.17, 15) is 4.79 Å². The zero-order valence-electron chi connectivity index (χ0n) is 17.5. The Morgan fingerprint density at radius 3 is 2.62 bits per heavy atom. The van der Waals surface area contributed by atoms with E-state index in [1.54, 1.807) is 6.92 Å². The monoisotopic (exact) mass is 393 g/mol. The summed E-state index contributed by atoms with van der Waals surface area (Å²) in [5.74, 6) is 3.11. The van der Waals surface area contributed by atoms with Crippen molar-refractivity contribution in [3.8, 4) is 11.5 Å². The largest absolute Gasteiger partial charge is 0.493 e. The van der Waals surface area contributed by atoms with Crippen LogP contribution in [0.5, 0.6) is 11.5 Å². The molecule has 0 spiro atoms. The van der Waals surface area contributed by atoms with E-state index in [4.69, 9.17) is 9.47 Å². The van der Waals surface area contributed by atoms with Gasteiger partial charge >= 0.3 is 0 Å². The molecule has 1 saturated carbocycles. The number of benzene rings is 2. The van der Waals surface area contributed by atoms with Gasteiger partial charge in [0.25, 0.3) is 0 Å². The van der Waals surface area contributed by atoms with Gasteiger partial charge in [-0.25, -0.2) is 0 Å². The van der Waals surface area contributed by atoms with Crippen LogP contribution in [0.15, 0.2) is 48.5 Å². The van der Waals surface area contributed by atoms with Crippen molar-refractivity contribution in [3.63, 3.8) is 0 Å². The lowest BCUT2D eigenvalue weighted by molar-refractivity contribution is -0.117. The number of carbonyl (C=O) groups is 1. The zero-order chi connectivity index (χ0) is 20.2. The van der Waals surface area contributed by atoms with Crippen LogP contribution in [-0.4, -0.2) is 31.6 Å². The molecule has 2 aromatic carbocycles. The molecule has 1 aliphatic carbocycles. The van der Waals surface area contributed by atoms with E-state index in [0.29, 0.717) is 6.42 Å². The van der Waals surface area contributed by atoms with Crippen molar-refractivity contribution in [1.29, 1.82) is 0 Å². The molecule has 1 aliphatic heterocycles. The van der Waals surface area contributed by atoms with Crippen molar-refractivity contribution >= 4 is 11.5 Å². The highest BCUT2D eigenvalue weighted by Gasteiger charge is 2.25. The summed E-state index contributed by atoms with van der Waals surface area (Å²) in [6.07, 6.45) is 4.39. The number of ether oxygens (including phenoxy) is 2. The van der Waals surface area contributed by atoms with Gasteiger partial charge in [0.05, 0.1) is 13.2 Å². The maximum absolute atomic E-state index is 11.3. The van der Waals surface area contributed by atoms with Crippen molar-refractivity contribution in [1.82, 2.24) is 0 Å². The van der Waals surface area contributed by atoms with E-state index in [1.165, 1.54) is 24.1 Å². The topological polar surface area (TPSA) is 38.8 Å². The van der Waals surface area contributed by atoms with Crippen LogP contribution in [0, 0.1) is 5.92 Å². The summed E-state index contributed by atoms with van der Waals surface area (Å²) in [6.45, 7) is 6.46. The van der Waals surface area contributed by atoms with Crippen LogP contribution in [0.1, 0.15) is 51.0 Å². The van der Waals surface area contributed by atoms with Crippen LogP contribution in [0.2, 0.25) is 0 Å². The first kappa shape index (κ1) is 19.8. The first-order valence-electron chi connectivity index (χ1n) is 10.8. The standard InChI is InChI=1S/C25H31NO3/c1-18(14-19(2)27)21-8-10-23(11-9-21)29-25-12-13-26(16-25)22-4-3-5-24(15-22)28-17-20-6-7-20/h3-5,8-11,15,18,20,25H,6-7,12-14,16-17H2,1-2H3/t18-,25-/m1/s1. The Hall–Kier alpha value is -2.49. The normalized spacial score (nSPS) is 19.8. The minimum atomic E-state index is 0.187. The van der Waals surface area contributed by atoms with Gasteiger partial charge in [0.1, 0.15) is 23.4 Å². The third-order valence-electron chi connectivity index (χ3n) is 5.86. The molecule has 2 atom stereocenters. The molecule has 2 fully saturated rings. The van der Waals surface area contributed by atoms with E-state index in [-0.39, 0.29) is 17.8 Å². The van der Waals surface area contributed by atoms with E-state index < -0.39 is 0 Å². The van der Waals surface area contributed by atoms with Gasteiger partial charge in [0.2, 0.25) is 0 Å². The van der Waals surface area contributed by atoms with Crippen LogP contribution in [0.25, 0.3) is 0 Å². The maximum atomic E-state index is 11.3. The summed E-state index contributed by atoms with van der Waals surface area (Å²) in [5.41, 5.74) is 2.39.